The van der Waals surface area contributed by atoms with Crippen LogP contribution in [0.15, 0.2) is 0 Å². The smallest absolute Gasteiger partial charge is 0.240 e. The standard InChI is InChI=1S/C10H19N5OS/c1-4-7-17-8(10(16)11-5-2)9-12-13-14-15(9)6-3/h8H,4-7H2,1-3H3,(H,11,16). The van der Waals surface area contributed by atoms with Crippen molar-refractivity contribution in [1.29, 1.82) is 0 Å². The van der Waals surface area contributed by atoms with Gasteiger partial charge in [0.15, 0.2) is 5.82 Å². The monoisotopic (exact) mass is 257 g/mol. The summed E-state index contributed by atoms with van der Waals surface area (Å²) in [5, 5.41) is 14.0. The van der Waals surface area contributed by atoms with E-state index in [1.165, 1.54) is 0 Å². The van der Waals surface area contributed by atoms with Gasteiger partial charge in [0.05, 0.1) is 0 Å². The van der Waals surface area contributed by atoms with Crippen LogP contribution in [0.25, 0.3) is 0 Å². The van der Waals surface area contributed by atoms with Crippen molar-refractivity contribution < 1.29 is 4.79 Å². The molecule has 17 heavy (non-hydrogen) atoms. The summed E-state index contributed by atoms with van der Waals surface area (Å²) in [7, 11) is 0. The lowest BCUT2D eigenvalue weighted by molar-refractivity contribution is -0.120. The van der Waals surface area contributed by atoms with E-state index < -0.39 is 0 Å². The minimum Gasteiger partial charge on any atom is -0.355 e. The molecule has 0 aliphatic carbocycles. The number of hydrogen-bond acceptors (Lipinski definition) is 5. The van der Waals surface area contributed by atoms with Crippen LogP contribution in [0.4, 0.5) is 0 Å². The maximum absolute atomic E-state index is 12.0. The second-order valence-electron chi connectivity index (χ2n) is 3.50. The van der Waals surface area contributed by atoms with E-state index in [0.717, 1.165) is 12.2 Å². The van der Waals surface area contributed by atoms with Crippen molar-refractivity contribution in [3.63, 3.8) is 0 Å². The molecule has 0 bridgehead atoms. The maximum atomic E-state index is 12.0. The average Bonchev–Trinajstić information content (AvgIpc) is 2.78. The number of tetrazole rings is 1. The molecule has 0 aliphatic heterocycles. The van der Waals surface area contributed by atoms with Gasteiger partial charge >= 0.3 is 0 Å². The van der Waals surface area contributed by atoms with E-state index in [1.807, 2.05) is 13.8 Å². The van der Waals surface area contributed by atoms with Crippen LogP contribution >= 0.6 is 11.8 Å². The Morgan fingerprint density at radius 3 is 2.82 bits per heavy atom. The summed E-state index contributed by atoms with van der Waals surface area (Å²) in [5.41, 5.74) is 0. The van der Waals surface area contributed by atoms with Gasteiger partial charge in [-0.05, 0) is 36.4 Å². The molecule has 0 aliphatic rings. The van der Waals surface area contributed by atoms with Crippen LogP contribution in [-0.4, -0.2) is 38.4 Å². The Morgan fingerprint density at radius 1 is 1.47 bits per heavy atom. The zero-order chi connectivity index (χ0) is 12.7. The van der Waals surface area contributed by atoms with E-state index in [-0.39, 0.29) is 11.2 Å². The molecule has 0 saturated carbocycles. The number of aryl methyl sites for hydroxylation is 1. The van der Waals surface area contributed by atoms with Crippen LogP contribution in [-0.2, 0) is 11.3 Å². The lowest BCUT2D eigenvalue weighted by Gasteiger charge is -2.14. The van der Waals surface area contributed by atoms with Gasteiger partial charge in [-0.3, -0.25) is 4.79 Å². The highest BCUT2D eigenvalue weighted by Gasteiger charge is 2.25. The molecule has 1 rings (SSSR count). The molecule has 1 N–H and O–H groups in total. The van der Waals surface area contributed by atoms with Crippen molar-refractivity contribution >= 4 is 17.7 Å². The highest BCUT2D eigenvalue weighted by Crippen LogP contribution is 2.27. The number of likely N-dealkylation sites (N-methyl/N-ethyl adjacent to an activating group) is 1. The third-order valence-electron chi connectivity index (χ3n) is 2.17. The fourth-order valence-electron chi connectivity index (χ4n) is 1.39. The fourth-order valence-corrected chi connectivity index (χ4v) is 2.42. The van der Waals surface area contributed by atoms with Crippen molar-refractivity contribution in [2.45, 2.75) is 39.0 Å². The Balaban J connectivity index is 2.85. The number of carbonyl (C=O) groups is 1. The molecule has 1 aromatic rings. The van der Waals surface area contributed by atoms with Gasteiger partial charge in [0.2, 0.25) is 5.91 Å². The Kier molecular flexibility index (Phi) is 5.96. The number of carbonyl (C=O) groups excluding carboxylic acids is 1. The molecular weight excluding hydrogens is 238 g/mol. The van der Waals surface area contributed by atoms with Gasteiger partial charge in [0.1, 0.15) is 5.25 Å². The second-order valence-corrected chi connectivity index (χ2v) is 4.71. The van der Waals surface area contributed by atoms with Gasteiger partial charge in [-0.2, -0.15) is 0 Å². The highest BCUT2D eigenvalue weighted by atomic mass is 32.2. The van der Waals surface area contributed by atoms with Crippen LogP contribution in [0.3, 0.4) is 0 Å². The Hall–Kier alpha value is -1.11. The zero-order valence-corrected chi connectivity index (χ0v) is 11.3. The number of amides is 1. The molecule has 7 heteroatoms. The van der Waals surface area contributed by atoms with Gasteiger partial charge in [-0.1, -0.05) is 6.92 Å². The third kappa shape index (κ3) is 3.69. The number of nitrogens with zero attached hydrogens (tertiary/aromatic N) is 4. The van der Waals surface area contributed by atoms with Crippen molar-refractivity contribution in [1.82, 2.24) is 25.5 Å². The fraction of sp³-hybridized carbons (Fsp3) is 0.800. The Morgan fingerprint density at radius 2 is 2.24 bits per heavy atom. The van der Waals surface area contributed by atoms with Gasteiger partial charge in [-0.25, -0.2) is 4.68 Å². The summed E-state index contributed by atoms with van der Waals surface area (Å²) in [6.07, 6.45) is 1.02. The number of aromatic nitrogens is 4. The normalized spacial score (nSPS) is 12.4. The molecule has 6 nitrogen and oxygen atoms in total. The topological polar surface area (TPSA) is 72.7 Å². The zero-order valence-electron chi connectivity index (χ0n) is 10.5. The first-order valence-corrected chi connectivity index (χ1v) is 6.94. The molecule has 0 fully saturated rings. The molecule has 96 valence electrons. The van der Waals surface area contributed by atoms with E-state index in [0.29, 0.717) is 18.9 Å². The molecule has 0 radical (unpaired) electrons. The maximum Gasteiger partial charge on any atom is 0.240 e. The summed E-state index contributed by atoms with van der Waals surface area (Å²) in [4.78, 5) is 12.0. The Bertz CT molecular complexity index is 354. The summed E-state index contributed by atoms with van der Waals surface area (Å²) in [6.45, 7) is 7.24. The summed E-state index contributed by atoms with van der Waals surface area (Å²) < 4.78 is 1.67. The first-order chi connectivity index (χ1) is 8.24. The molecule has 1 heterocycles. The molecule has 1 amide bonds. The van der Waals surface area contributed by atoms with E-state index >= 15 is 0 Å². The lowest BCUT2D eigenvalue weighted by Crippen LogP contribution is -2.29. The minimum absolute atomic E-state index is 0.0181. The quantitative estimate of drug-likeness (QED) is 0.789. The molecule has 0 saturated heterocycles. The third-order valence-corrected chi connectivity index (χ3v) is 3.57. The molecule has 0 spiro atoms. The summed E-state index contributed by atoms with van der Waals surface area (Å²) in [6, 6.07) is 0. The second kappa shape index (κ2) is 7.26. The lowest BCUT2D eigenvalue weighted by atomic mass is 10.3. The molecule has 0 aromatic carbocycles. The SMILES string of the molecule is CCCSC(C(=O)NCC)c1nnnn1CC. The van der Waals surface area contributed by atoms with E-state index in [2.05, 4.69) is 27.8 Å². The molecule has 1 aromatic heterocycles. The minimum atomic E-state index is -0.315. The van der Waals surface area contributed by atoms with Crippen LogP contribution in [0, 0.1) is 0 Å². The van der Waals surface area contributed by atoms with Crippen molar-refractivity contribution in [3.8, 4) is 0 Å². The van der Waals surface area contributed by atoms with E-state index in [9.17, 15) is 4.79 Å². The number of thioether (sulfide) groups is 1. The van der Waals surface area contributed by atoms with Gasteiger partial charge in [0, 0.05) is 13.1 Å². The summed E-state index contributed by atoms with van der Waals surface area (Å²) >= 11 is 1.58. The van der Waals surface area contributed by atoms with Gasteiger partial charge in [0.25, 0.3) is 0 Å². The van der Waals surface area contributed by atoms with E-state index in [4.69, 9.17) is 0 Å². The first kappa shape index (κ1) is 14.0. The van der Waals surface area contributed by atoms with Gasteiger partial charge < -0.3 is 5.32 Å². The van der Waals surface area contributed by atoms with Crippen LogP contribution < -0.4 is 5.32 Å². The average molecular weight is 257 g/mol. The van der Waals surface area contributed by atoms with Crippen LogP contribution in [0.1, 0.15) is 38.3 Å². The Labute approximate surface area is 106 Å². The van der Waals surface area contributed by atoms with Gasteiger partial charge in [-0.15, -0.1) is 16.9 Å². The molecular formula is C10H19N5OS. The predicted octanol–water partition coefficient (Wildman–Crippen LogP) is 1.01. The molecule has 1 unspecified atom stereocenters. The number of rotatable bonds is 7. The van der Waals surface area contributed by atoms with Crippen molar-refractivity contribution in [2.24, 2.45) is 0 Å². The summed E-state index contributed by atoms with van der Waals surface area (Å²) in [5.74, 6) is 1.53. The molecule has 1 atom stereocenters. The largest absolute Gasteiger partial charge is 0.355 e. The van der Waals surface area contributed by atoms with Crippen LogP contribution in [0.2, 0.25) is 0 Å². The van der Waals surface area contributed by atoms with Crippen molar-refractivity contribution in [3.05, 3.63) is 5.82 Å². The predicted molar refractivity (Wildman–Crippen MR) is 67.7 cm³/mol. The van der Waals surface area contributed by atoms with Crippen molar-refractivity contribution in [2.75, 3.05) is 12.3 Å². The van der Waals surface area contributed by atoms with E-state index in [1.54, 1.807) is 16.4 Å². The number of hydrogen-bond donors (Lipinski definition) is 1. The highest BCUT2D eigenvalue weighted by molar-refractivity contribution is 8.00. The first-order valence-electron chi connectivity index (χ1n) is 5.89. The van der Waals surface area contributed by atoms with Crippen LogP contribution in [0.5, 0.6) is 0 Å². The number of nitrogens with one attached hydrogen (secondary N) is 1.